The number of nitrogens with zero attached hydrogens (tertiary/aromatic N) is 1. The predicted molar refractivity (Wildman–Crippen MR) is 112 cm³/mol. The van der Waals surface area contributed by atoms with Crippen LogP contribution in [0.25, 0.3) is 0 Å². The normalized spacial score (nSPS) is 13.1. The molecule has 134 valence electrons. The first-order valence-corrected chi connectivity index (χ1v) is 12.9. The number of benzene rings is 2. The Bertz CT molecular complexity index is 644. The van der Waals surface area contributed by atoms with Crippen molar-refractivity contribution in [2.75, 3.05) is 0 Å². The van der Waals surface area contributed by atoms with Crippen molar-refractivity contribution in [3.63, 3.8) is 0 Å². The molecule has 1 unspecified atom stereocenters. The largest absolute Gasteiger partial charge is 0.494 e. The van der Waals surface area contributed by atoms with Gasteiger partial charge in [0.2, 0.25) is 0 Å². The van der Waals surface area contributed by atoms with Gasteiger partial charge in [0.1, 0.15) is 5.75 Å². The maximum atomic E-state index is 6.35. The molecule has 3 heteroatoms. The van der Waals surface area contributed by atoms with E-state index in [9.17, 15) is 0 Å². The SMILES string of the molecule is CCCCCC(Oc1ccc(N=Cc2ccccc2)cc1)[Si](C)(C)C. The van der Waals surface area contributed by atoms with Crippen LogP contribution in [0.4, 0.5) is 5.69 Å². The third-order valence-corrected chi connectivity index (χ3v) is 6.65. The van der Waals surface area contributed by atoms with Gasteiger partial charge in [-0.15, -0.1) is 0 Å². The average molecular weight is 354 g/mol. The molecule has 0 amide bonds. The zero-order valence-corrected chi connectivity index (χ0v) is 17.0. The molecular weight excluding hydrogens is 322 g/mol. The van der Waals surface area contributed by atoms with E-state index in [0.717, 1.165) is 23.4 Å². The molecule has 0 aliphatic carbocycles. The fraction of sp³-hybridized carbons (Fsp3) is 0.409. The molecular formula is C22H31NOSi. The molecule has 1 atom stereocenters. The maximum Gasteiger partial charge on any atom is 0.119 e. The Balaban J connectivity index is 1.99. The van der Waals surface area contributed by atoms with Gasteiger partial charge in [0, 0.05) is 6.21 Å². The van der Waals surface area contributed by atoms with E-state index in [1.54, 1.807) is 0 Å². The van der Waals surface area contributed by atoms with E-state index >= 15 is 0 Å². The summed E-state index contributed by atoms with van der Waals surface area (Å²) in [4.78, 5) is 4.53. The van der Waals surface area contributed by atoms with Gasteiger partial charge in [0.15, 0.2) is 0 Å². The molecule has 0 saturated carbocycles. The molecule has 2 aromatic carbocycles. The lowest BCUT2D eigenvalue weighted by Gasteiger charge is -2.29. The monoisotopic (exact) mass is 353 g/mol. The van der Waals surface area contributed by atoms with Gasteiger partial charge in [-0.05, 0) is 36.2 Å². The lowest BCUT2D eigenvalue weighted by Crippen LogP contribution is -2.42. The Morgan fingerprint density at radius 2 is 1.64 bits per heavy atom. The minimum absolute atomic E-state index is 0.373. The highest BCUT2D eigenvalue weighted by molar-refractivity contribution is 6.77. The van der Waals surface area contributed by atoms with E-state index in [-0.39, 0.29) is 0 Å². The van der Waals surface area contributed by atoms with Gasteiger partial charge in [0.25, 0.3) is 0 Å². The summed E-state index contributed by atoms with van der Waals surface area (Å²) in [5.74, 6) is 0.961. The molecule has 2 rings (SSSR count). The van der Waals surface area contributed by atoms with Gasteiger partial charge in [-0.3, -0.25) is 4.99 Å². The molecule has 0 aromatic heterocycles. The molecule has 0 saturated heterocycles. The molecule has 0 fully saturated rings. The van der Waals surface area contributed by atoms with Crippen molar-refractivity contribution in [2.24, 2.45) is 4.99 Å². The standard InChI is InChI=1S/C22H31NOSi/c1-5-6-8-13-22(25(2,3)4)24-21-16-14-20(15-17-21)23-18-19-11-9-7-10-12-19/h7,9-12,14-18,22H,5-6,8,13H2,1-4H3. The van der Waals surface area contributed by atoms with Gasteiger partial charge in [0.05, 0.1) is 19.5 Å². The number of ether oxygens (including phenoxy) is 1. The van der Waals surface area contributed by atoms with E-state index in [4.69, 9.17) is 4.74 Å². The highest BCUT2D eigenvalue weighted by atomic mass is 28.3. The Kier molecular flexibility index (Phi) is 7.45. The van der Waals surface area contributed by atoms with Crippen LogP contribution in [0.1, 0.15) is 38.2 Å². The second-order valence-corrected chi connectivity index (χ2v) is 13.0. The fourth-order valence-corrected chi connectivity index (χ4v) is 4.27. The number of hydrogen-bond acceptors (Lipinski definition) is 2. The van der Waals surface area contributed by atoms with Crippen LogP contribution in [0, 0.1) is 0 Å². The number of hydrogen-bond donors (Lipinski definition) is 0. The molecule has 0 aliphatic heterocycles. The Morgan fingerprint density at radius 3 is 2.24 bits per heavy atom. The first-order chi connectivity index (χ1) is 12.0. The number of aliphatic imine (C=N–C) groups is 1. The zero-order chi connectivity index (χ0) is 18.1. The maximum absolute atomic E-state index is 6.35. The summed E-state index contributed by atoms with van der Waals surface area (Å²) < 4.78 is 6.35. The average Bonchev–Trinajstić information content (AvgIpc) is 2.60. The van der Waals surface area contributed by atoms with Crippen molar-refractivity contribution in [1.82, 2.24) is 0 Å². The molecule has 0 aliphatic rings. The summed E-state index contributed by atoms with van der Waals surface area (Å²) in [6.45, 7) is 9.42. The lowest BCUT2D eigenvalue weighted by molar-refractivity contribution is 0.253. The van der Waals surface area contributed by atoms with E-state index in [1.807, 2.05) is 48.7 Å². The topological polar surface area (TPSA) is 21.6 Å². The minimum Gasteiger partial charge on any atom is -0.494 e. The summed E-state index contributed by atoms with van der Waals surface area (Å²) in [7, 11) is -1.34. The quantitative estimate of drug-likeness (QED) is 0.281. The Hall–Kier alpha value is -1.87. The van der Waals surface area contributed by atoms with Crippen LogP contribution < -0.4 is 4.74 Å². The minimum atomic E-state index is -1.34. The van der Waals surface area contributed by atoms with Gasteiger partial charge in [-0.25, -0.2) is 0 Å². The van der Waals surface area contributed by atoms with Gasteiger partial charge in [-0.1, -0.05) is 76.2 Å². The van der Waals surface area contributed by atoms with E-state index in [0.29, 0.717) is 5.73 Å². The van der Waals surface area contributed by atoms with E-state index < -0.39 is 8.07 Å². The van der Waals surface area contributed by atoms with Crippen molar-refractivity contribution in [3.05, 3.63) is 60.2 Å². The summed E-state index contributed by atoms with van der Waals surface area (Å²) in [6, 6.07) is 18.3. The Morgan fingerprint density at radius 1 is 0.960 bits per heavy atom. The first-order valence-electron chi connectivity index (χ1n) is 9.35. The van der Waals surface area contributed by atoms with Crippen molar-refractivity contribution < 1.29 is 4.74 Å². The molecule has 2 aromatic rings. The second-order valence-electron chi connectivity index (χ2n) is 7.63. The summed E-state index contributed by atoms with van der Waals surface area (Å²) >= 11 is 0. The molecule has 0 spiro atoms. The van der Waals surface area contributed by atoms with Crippen molar-refractivity contribution in [3.8, 4) is 5.75 Å². The van der Waals surface area contributed by atoms with Crippen LogP contribution in [0.5, 0.6) is 5.75 Å². The highest BCUT2D eigenvalue weighted by Gasteiger charge is 2.28. The number of unbranched alkanes of at least 4 members (excludes halogenated alkanes) is 2. The highest BCUT2D eigenvalue weighted by Crippen LogP contribution is 2.24. The molecule has 0 heterocycles. The zero-order valence-electron chi connectivity index (χ0n) is 16.0. The second kappa shape index (κ2) is 9.57. The van der Waals surface area contributed by atoms with E-state index in [2.05, 4.69) is 43.7 Å². The van der Waals surface area contributed by atoms with Crippen LogP contribution in [-0.4, -0.2) is 20.0 Å². The van der Waals surface area contributed by atoms with Gasteiger partial charge in [-0.2, -0.15) is 0 Å². The van der Waals surface area contributed by atoms with Gasteiger partial charge >= 0.3 is 0 Å². The van der Waals surface area contributed by atoms with Crippen LogP contribution in [0.3, 0.4) is 0 Å². The van der Waals surface area contributed by atoms with Crippen molar-refractivity contribution in [2.45, 2.75) is 58.0 Å². The van der Waals surface area contributed by atoms with Crippen LogP contribution >= 0.6 is 0 Å². The van der Waals surface area contributed by atoms with Crippen molar-refractivity contribution >= 4 is 20.0 Å². The first kappa shape index (κ1) is 19.5. The number of rotatable bonds is 9. The molecule has 0 N–H and O–H groups in total. The van der Waals surface area contributed by atoms with Crippen LogP contribution in [0.15, 0.2) is 59.6 Å². The van der Waals surface area contributed by atoms with E-state index in [1.165, 1.54) is 19.3 Å². The molecule has 25 heavy (non-hydrogen) atoms. The van der Waals surface area contributed by atoms with Gasteiger partial charge < -0.3 is 4.74 Å². The van der Waals surface area contributed by atoms with Crippen LogP contribution in [-0.2, 0) is 0 Å². The predicted octanol–water partition coefficient (Wildman–Crippen LogP) is 6.64. The third kappa shape index (κ3) is 6.87. The lowest BCUT2D eigenvalue weighted by atomic mass is 10.2. The summed E-state index contributed by atoms with van der Waals surface area (Å²) in [6.07, 6.45) is 6.86. The van der Waals surface area contributed by atoms with Crippen molar-refractivity contribution in [1.29, 1.82) is 0 Å². The molecule has 2 nitrogen and oxygen atoms in total. The Labute approximate surface area is 154 Å². The fourth-order valence-electron chi connectivity index (χ4n) is 2.71. The molecule has 0 bridgehead atoms. The summed E-state index contributed by atoms with van der Waals surface area (Å²) in [5.41, 5.74) is 2.43. The molecule has 0 radical (unpaired) electrons. The smallest absolute Gasteiger partial charge is 0.119 e. The summed E-state index contributed by atoms with van der Waals surface area (Å²) in [5, 5.41) is 0. The third-order valence-electron chi connectivity index (χ3n) is 4.31. The van der Waals surface area contributed by atoms with Crippen LogP contribution in [0.2, 0.25) is 19.6 Å².